The molecule has 0 unspecified atom stereocenters. The Kier molecular flexibility index (Phi) is 7.24. The molecule has 0 spiro atoms. The number of hydrogen-bond acceptors (Lipinski definition) is 4. The highest BCUT2D eigenvalue weighted by atomic mass is 35.5. The highest BCUT2D eigenvalue weighted by Gasteiger charge is 2.17. The van der Waals surface area contributed by atoms with Crippen LogP contribution in [0.1, 0.15) is 12.0 Å². The fraction of sp³-hybridized carbons (Fsp3) is 0.308. The Balaban J connectivity index is 2.86. The molecule has 116 valence electrons. The Labute approximate surface area is 133 Å². The van der Waals surface area contributed by atoms with Crippen molar-refractivity contribution in [3.05, 3.63) is 34.9 Å². The number of carboxylic acids is 1. The van der Waals surface area contributed by atoms with Crippen LogP contribution < -0.4 is 4.72 Å². The van der Waals surface area contributed by atoms with Crippen LogP contribution in [0.25, 0.3) is 6.08 Å². The van der Waals surface area contributed by atoms with Gasteiger partial charge in [-0.1, -0.05) is 17.7 Å². The van der Waals surface area contributed by atoms with Crippen molar-refractivity contribution >= 4 is 45.4 Å². The maximum Gasteiger partial charge on any atom is 0.328 e. The molecule has 0 aliphatic heterocycles. The quantitative estimate of drug-likeness (QED) is 0.556. The molecule has 5 nitrogen and oxygen atoms in total. The summed E-state index contributed by atoms with van der Waals surface area (Å²) in [5, 5.41) is 8.60. The lowest BCUT2D eigenvalue weighted by Gasteiger charge is -2.08. The normalized spacial score (nSPS) is 11.9. The maximum atomic E-state index is 12.1. The predicted molar refractivity (Wildman–Crippen MR) is 86.3 cm³/mol. The number of rotatable bonds is 8. The summed E-state index contributed by atoms with van der Waals surface area (Å²) in [5.74, 6) is -0.215. The zero-order valence-corrected chi connectivity index (χ0v) is 13.8. The number of nitrogens with one attached hydrogen (secondary N) is 1. The van der Waals surface area contributed by atoms with E-state index in [9.17, 15) is 13.2 Å². The zero-order valence-electron chi connectivity index (χ0n) is 11.4. The molecule has 0 amide bonds. The number of carbonyl (C=O) groups is 1. The third-order valence-electron chi connectivity index (χ3n) is 2.48. The number of hydrogen-bond donors (Lipinski definition) is 2. The first-order valence-electron chi connectivity index (χ1n) is 6.06. The second-order valence-corrected chi connectivity index (χ2v) is 7.23. The van der Waals surface area contributed by atoms with Gasteiger partial charge in [-0.2, -0.15) is 11.8 Å². The molecule has 21 heavy (non-hydrogen) atoms. The van der Waals surface area contributed by atoms with Gasteiger partial charge in [0.1, 0.15) is 4.90 Å². The molecule has 0 aromatic heterocycles. The molecule has 0 fully saturated rings. The van der Waals surface area contributed by atoms with Crippen LogP contribution in [0, 0.1) is 0 Å². The highest BCUT2D eigenvalue weighted by molar-refractivity contribution is 7.98. The first kappa shape index (κ1) is 18.0. The third-order valence-corrected chi connectivity index (χ3v) is 5.12. The Bertz CT molecular complexity index is 629. The van der Waals surface area contributed by atoms with Gasteiger partial charge in [-0.25, -0.2) is 17.9 Å². The lowest BCUT2D eigenvalue weighted by molar-refractivity contribution is -0.131. The van der Waals surface area contributed by atoms with Crippen LogP contribution in [-0.2, 0) is 14.8 Å². The van der Waals surface area contributed by atoms with E-state index in [-0.39, 0.29) is 9.92 Å². The van der Waals surface area contributed by atoms with Gasteiger partial charge in [0.2, 0.25) is 10.0 Å². The molecule has 8 heteroatoms. The first-order valence-corrected chi connectivity index (χ1v) is 9.31. The van der Waals surface area contributed by atoms with E-state index in [4.69, 9.17) is 16.7 Å². The minimum absolute atomic E-state index is 0.0132. The van der Waals surface area contributed by atoms with E-state index in [2.05, 4.69) is 4.72 Å². The molecular formula is C13H16ClNO4S2. The van der Waals surface area contributed by atoms with E-state index in [1.807, 2.05) is 6.26 Å². The summed E-state index contributed by atoms with van der Waals surface area (Å²) in [6, 6.07) is 4.28. The lowest BCUT2D eigenvalue weighted by Crippen LogP contribution is -2.25. The molecule has 0 saturated heterocycles. The summed E-state index contributed by atoms with van der Waals surface area (Å²) in [6.45, 7) is 0.347. The summed E-state index contributed by atoms with van der Waals surface area (Å²) >= 11 is 7.61. The Morgan fingerprint density at radius 2 is 2.19 bits per heavy atom. The van der Waals surface area contributed by atoms with Gasteiger partial charge in [0.25, 0.3) is 0 Å². The van der Waals surface area contributed by atoms with Crippen molar-refractivity contribution in [1.82, 2.24) is 4.72 Å². The molecule has 0 saturated carbocycles. The molecular weight excluding hydrogens is 334 g/mol. The van der Waals surface area contributed by atoms with E-state index in [1.54, 1.807) is 11.8 Å². The number of carboxylic acid groups (broad SMARTS) is 1. The van der Waals surface area contributed by atoms with Crippen LogP contribution in [0.5, 0.6) is 0 Å². The van der Waals surface area contributed by atoms with Gasteiger partial charge < -0.3 is 5.11 Å². The minimum atomic E-state index is -3.65. The number of benzene rings is 1. The van der Waals surface area contributed by atoms with E-state index in [0.29, 0.717) is 12.1 Å². The topological polar surface area (TPSA) is 83.5 Å². The molecule has 2 N–H and O–H groups in total. The number of aliphatic carboxylic acids is 1. The summed E-state index contributed by atoms with van der Waals surface area (Å²) in [6.07, 6.45) is 4.99. The summed E-state index contributed by atoms with van der Waals surface area (Å²) in [5.41, 5.74) is 0.517. The molecule has 1 rings (SSSR count). The van der Waals surface area contributed by atoms with Crippen molar-refractivity contribution in [2.75, 3.05) is 18.6 Å². The van der Waals surface area contributed by atoms with Gasteiger partial charge >= 0.3 is 5.97 Å². The Morgan fingerprint density at radius 3 is 2.76 bits per heavy atom. The van der Waals surface area contributed by atoms with Crippen LogP contribution in [0.3, 0.4) is 0 Å². The SMILES string of the molecule is CSCCCNS(=O)(=O)c1ccc(C=CC(=O)O)cc1Cl. The van der Waals surface area contributed by atoms with Crippen molar-refractivity contribution in [2.45, 2.75) is 11.3 Å². The standard InChI is InChI=1S/C13H16ClNO4S2/c1-20-8-2-7-15-21(18,19)12-5-3-10(9-11(12)14)4-6-13(16)17/h3-6,9,15H,2,7-8H2,1H3,(H,16,17). The smallest absolute Gasteiger partial charge is 0.328 e. The van der Waals surface area contributed by atoms with Gasteiger partial charge in [0, 0.05) is 12.6 Å². The van der Waals surface area contributed by atoms with Crippen LogP contribution >= 0.6 is 23.4 Å². The molecule has 0 radical (unpaired) electrons. The first-order chi connectivity index (χ1) is 9.86. The van der Waals surface area contributed by atoms with Gasteiger partial charge in [-0.05, 0) is 42.2 Å². The third kappa shape index (κ3) is 6.09. The number of halogens is 1. The number of thioether (sulfide) groups is 1. The monoisotopic (exact) mass is 349 g/mol. The van der Waals surface area contributed by atoms with Crippen LogP contribution in [0.4, 0.5) is 0 Å². The van der Waals surface area contributed by atoms with E-state index >= 15 is 0 Å². The van der Waals surface area contributed by atoms with Crippen molar-refractivity contribution in [2.24, 2.45) is 0 Å². The van der Waals surface area contributed by atoms with Crippen LogP contribution in [0.15, 0.2) is 29.2 Å². The van der Waals surface area contributed by atoms with Crippen molar-refractivity contribution in [1.29, 1.82) is 0 Å². The van der Waals surface area contributed by atoms with Crippen LogP contribution in [0.2, 0.25) is 5.02 Å². The zero-order chi connectivity index (χ0) is 15.9. The lowest BCUT2D eigenvalue weighted by atomic mass is 10.2. The maximum absolute atomic E-state index is 12.1. The van der Waals surface area contributed by atoms with Gasteiger partial charge in [0.15, 0.2) is 0 Å². The molecule has 0 heterocycles. The van der Waals surface area contributed by atoms with Crippen molar-refractivity contribution in [3.8, 4) is 0 Å². The molecule has 0 aliphatic carbocycles. The molecule has 1 aromatic rings. The van der Waals surface area contributed by atoms with Crippen molar-refractivity contribution < 1.29 is 18.3 Å². The Hall–Kier alpha value is -1.02. The van der Waals surface area contributed by atoms with E-state index < -0.39 is 16.0 Å². The number of sulfonamides is 1. The second-order valence-electron chi connectivity index (χ2n) is 4.11. The minimum Gasteiger partial charge on any atom is -0.478 e. The Morgan fingerprint density at radius 1 is 1.48 bits per heavy atom. The molecule has 0 atom stereocenters. The van der Waals surface area contributed by atoms with Gasteiger partial charge in [0.05, 0.1) is 5.02 Å². The van der Waals surface area contributed by atoms with Gasteiger partial charge in [-0.3, -0.25) is 0 Å². The summed E-state index contributed by atoms with van der Waals surface area (Å²) < 4.78 is 26.6. The highest BCUT2D eigenvalue weighted by Crippen LogP contribution is 2.23. The summed E-state index contributed by atoms with van der Waals surface area (Å²) in [7, 11) is -3.65. The largest absolute Gasteiger partial charge is 0.478 e. The van der Waals surface area contributed by atoms with Gasteiger partial charge in [-0.15, -0.1) is 0 Å². The predicted octanol–water partition coefficient (Wildman–Crippen LogP) is 2.47. The molecule has 0 bridgehead atoms. The molecule has 1 aromatic carbocycles. The second kappa shape index (κ2) is 8.43. The van der Waals surface area contributed by atoms with Crippen molar-refractivity contribution in [3.63, 3.8) is 0 Å². The molecule has 0 aliphatic rings. The van der Waals surface area contributed by atoms with E-state index in [0.717, 1.165) is 18.2 Å². The summed E-state index contributed by atoms with van der Waals surface area (Å²) in [4.78, 5) is 10.4. The average molecular weight is 350 g/mol. The van der Waals surface area contributed by atoms with Crippen LogP contribution in [-0.4, -0.2) is 38.0 Å². The fourth-order valence-corrected chi connectivity index (χ4v) is 3.57. The average Bonchev–Trinajstić information content (AvgIpc) is 2.41. The fourth-order valence-electron chi connectivity index (χ4n) is 1.51. The van der Waals surface area contributed by atoms with E-state index in [1.165, 1.54) is 24.3 Å².